The number of aromatic nitrogens is 1. The van der Waals surface area contributed by atoms with E-state index in [9.17, 15) is 0 Å². The normalized spacial score (nSPS) is 20.8. The quantitative estimate of drug-likeness (QED) is 0.932. The number of nitrogen functional groups attached to an aromatic ring is 1. The van der Waals surface area contributed by atoms with E-state index in [0.717, 1.165) is 37.9 Å². The zero-order chi connectivity index (χ0) is 13.4. The van der Waals surface area contributed by atoms with Crippen LogP contribution in [0, 0.1) is 5.92 Å². The fraction of sp³-hybridized carbons (Fsp3) is 0.615. The highest BCUT2D eigenvalue weighted by molar-refractivity contribution is 6.37. The van der Waals surface area contributed by atoms with Crippen molar-refractivity contribution in [1.29, 1.82) is 0 Å². The number of piperazine rings is 1. The molecule has 1 saturated heterocycles. The summed E-state index contributed by atoms with van der Waals surface area (Å²) in [6.45, 7) is 5.27. The second kappa shape index (κ2) is 5.35. The summed E-state index contributed by atoms with van der Waals surface area (Å²) in [4.78, 5) is 9.04. The van der Waals surface area contributed by atoms with Crippen molar-refractivity contribution in [1.82, 2.24) is 9.88 Å². The standard InChI is InChI=1S/C13H18Cl2N4/c14-10-7-11(15)13(17-12(10)16)19-5-3-18(4-6-19)8-9-1-2-9/h7,9H,1-6,8H2,(H2,16,17). The van der Waals surface area contributed by atoms with Gasteiger partial charge >= 0.3 is 0 Å². The molecule has 1 aromatic heterocycles. The van der Waals surface area contributed by atoms with Gasteiger partial charge in [-0.1, -0.05) is 23.2 Å². The molecule has 4 nitrogen and oxygen atoms in total. The molecule has 3 rings (SSSR count). The number of rotatable bonds is 3. The van der Waals surface area contributed by atoms with Crippen molar-refractivity contribution in [2.45, 2.75) is 12.8 Å². The molecule has 2 fully saturated rings. The Kier molecular flexibility index (Phi) is 3.74. The smallest absolute Gasteiger partial charge is 0.150 e. The van der Waals surface area contributed by atoms with Gasteiger partial charge in [-0.3, -0.25) is 4.90 Å². The highest BCUT2D eigenvalue weighted by atomic mass is 35.5. The van der Waals surface area contributed by atoms with Crippen LogP contribution in [0.3, 0.4) is 0 Å². The van der Waals surface area contributed by atoms with Crippen LogP contribution in [0.15, 0.2) is 6.07 Å². The SMILES string of the molecule is Nc1nc(N2CCN(CC3CC3)CC2)c(Cl)cc1Cl. The molecule has 1 aliphatic carbocycles. The number of anilines is 2. The van der Waals surface area contributed by atoms with Gasteiger partial charge in [0.2, 0.25) is 0 Å². The van der Waals surface area contributed by atoms with Crippen LogP contribution in [-0.2, 0) is 0 Å². The summed E-state index contributed by atoms with van der Waals surface area (Å²) < 4.78 is 0. The van der Waals surface area contributed by atoms with Crippen molar-refractivity contribution in [3.05, 3.63) is 16.1 Å². The molecule has 104 valence electrons. The van der Waals surface area contributed by atoms with Crippen LogP contribution in [0.25, 0.3) is 0 Å². The second-order valence-electron chi connectivity index (χ2n) is 5.39. The van der Waals surface area contributed by atoms with E-state index in [1.54, 1.807) is 6.07 Å². The van der Waals surface area contributed by atoms with Crippen LogP contribution in [-0.4, -0.2) is 42.6 Å². The monoisotopic (exact) mass is 300 g/mol. The highest BCUT2D eigenvalue weighted by Gasteiger charge is 2.27. The molecule has 1 aliphatic heterocycles. The molecule has 2 heterocycles. The average Bonchev–Trinajstić information content (AvgIpc) is 3.19. The van der Waals surface area contributed by atoms with Crippen molar-refractivity contribution < 1.29 is 0 Å². The lowest BCUT2D eigenvalue weighted by atomic mass is 10.2. The summed E-state index contributed by atoms with van der Waals surface area (Å²) in [5.41, 5.74) is 5.76. The summed E-state index contributed by atoms with van der Waals surface area (Å²) in [5.74, 6) is 2.05. The number of halogens is 2. The van der Waals surface area contributed by atoms with Gasteiger partial charge in [0.1, 0.15) is 11.6 Å². The molecule has 0 aromatic carbocycles. The predicted molar refractivity (Wildman–Crippen MR) is 80.0 cm³/mol. The minimum atomic E-state index is 0.349. The minimum absolute atomic E-state index is 0.349. The van der Waals surface area contributed by atoms with Gasteiger partial charge < -0.3 is 10.6 Å². The van der Waals surface area contributed by atoms with E-state index in [0.29, 0.717) is 15.9 Å². The lowest BCUT2D eigenvalue weighted by Crippen LogP contribution is -2.47. The highest BCUT2D eigenvalue weighted by Crippen LogP contribution is 2.32. The summed E-state index contributed by atoms with van der Waals surface area (Å²) in [6, 6.07) is 1.68. The van der Waals surface area contributed by atoms with Crippen molar-refractivity contribution >= 4 is 34.8 Å². The van der Waals surface area contributed by atoms with Crippen molar-refractivity contribution in [2.24, 2.45) is 5.92 Å². The zero-order valence-electron chi connectivity index (χ0n) is 10.8. The summed E-state index contributed by atoms with van der Waals surface area (Å²) in [7, 11) is 0. The Bertz CT molecular complexity index is 468. The lowest BCUT2D eigenvalue weighted by Gasteiger charge is -2.35. The molecule has 0 radical (unpaired) electrons. The number of hydrogen-bond donors (Lipinski definition) is 1. The van der Waals surface area contributed by atoms with Crippen molar-refractivity contribution in [3.8, 4) is 0 Å². The maximum Gasteiger partial charge on any atom is 0.150 e. The maximum atomic E-state index is 6.21. The number of pyridine rings is 1. The van der Waals surface area contributed by atoms with Gasteiger partial charge in [0.25, 0.3) is 0 Å². The Morgan fingerprint density at radius 3 is 2.47 bits per heavy atom. The lowest BCUT2D eigenvalue weighted by molar-refractivity contribution is 0.247. The Balaban J connectivity index is 1.65. The van der Waals surface area contributed by atoms with E-state index in [2.05, 4.69) is 14.8 Å². The molecule has 1 saturated carbocycles. The molecule has 0 bridgehead atoms. The second-order valence-corrected chi connectivity index (χ2v) is 6.21. The van der Waals surface area contributed by atoms with Crippen LogP contribution in [0.4, 0.5) is 11.6 Å². The summed E-state index contributed by atoms with van der Waals surface area (Å²) in [5, 5.41) is 0.996. The minimum Gasteiger partial charge on any atom is -0.382 e. The maximum absolute atomic E-state index is 6.21. The fourth-order valence-electron chi connectivity index (χ4n) is 2.50. The third-order valence-corrected chi connectivity index (χ3v) is 4.40. The number of nitrogens with two attached hydrogens (primary N) is 1. The predicted octanol–water partition coefficient (Wildman–Crippen LogP) is 2.50. The van der Waals surface area contributed by atoms with Crippen molar-refractivity contribution in [3.63, 3.8) is 0 Å². The molecule has 0 unspecified atom stereocenters. The summed E-state index contributed by atoms with van der Waals surface area (Å²) in [6.07, 6.45) is 2.81. The van der Waals surface area contributed by atoms with Gasteiger partial charge in [0.05, 0.1) is 10.0 Å². The Morgan fingerprint density at radius 1 is 1.16 bits per heavy atom. The molecular formula is C13H18Cl2N4. The fourth-order valence-corrected chi connectivity index (χ4v) is 2.98. The number of nitrogens with zero attached hydrogens (tertiary/aromatic N) is 3. The van der Waals surface area contributed by atoms with Gasteiger partial charge in [-0.15, -0.1) is 0 Å². The van der Waals surface area contributed by atoms with Crippen LogP contribution in [0.5, 0.6) is 0 Å². The third kappa shape index (κ3) is 3.07. The molecule has 2 N–H and O–H groups in total. The van der Waals surface area contributed by atoms with E-state index in [1.165, 1.54) is 19.4 Å². The Morgan fingerprint density at radius 2 is 1.84 bits per heavy atom. The van der Waals surface area contributed by atoms with Gasteiger partial charge in [0, 0.05) is 32.7 Å². The first kappa shape index (κ1) is 13.3. The van der Waals surface area contributed by atoms with E-state index in [4.69, 9.17) is 28.9 Å². The summed E-state index contributed by atoms with van der Waals surface area (Å²) >= 11 is 12.1. The molecule has 2 aliphatic rings. The molecular weight excluding hydrogens is 283 g/mol. The van der Waals surface area contributed by atoms with Crippen LogP contribution >= 0.6 is 23.2 Å². The van der Waals surface area contributed by atoms with Gasteiger partial charge in [-0.2, -0.15) is 0 Å². The first-order valence-electron chi connectivity index (χ1n) is 6.72. The molecule has 0 spiro atoms. The van der Waals surface area contributed by atoms with Crippen LogP contribution in [0.1, 0.15) is 12.8 Å². The Labute approximate surface area is 123 Å². The van der Waals surface area contributed by atoms with Crippen molar-refractivity contribution in [2.75, 3.05) is 43.4 Å². The van der Waals surface area contributed by atoms with Crippen LogP contribution in [0.2, 0.25) is 10.0 Å². The van der Waals surface area contributed by atoms with E-state index in [-0.39, 0.29) is 0 Å². The van der Waals surface area contributed by atoms with E-state index < -0.39 is 0 Å². The van der Waals surface area contributed by atoms with E-state index in [1.807, 2.05) is 0 Å². The molecule has 19 heavy (non-hydrogen) atoms. The van der Waals surface area contributed by atoms with Crippen LogP contribution < -0.4 is 10.6 Å². The molecule has 1 aromatic rings. The largest absolute Gasteiger partial charge is 0.382 e. The third-order valence-electron chi connectivity index (χ3n) is 3.82. The van der Waals surface area contributed by atoms with Gasteiger partial charge in [0.15, 0.2) is 0 Å². The van der Waals surface area contributed by atoms with Gasteiger partial charge in [-0.05, 0) is 24.8 Å². The molecule has 0 atom stereocenters. The average molecular weight is 301 g/mol. The first-order valence-corrected chi connectivity index (χ1v) is 7.48. The molecule has 0 amide bonds. The number of hydrogen-bond acceptors (Lipinski definition) is 4. The molecule has 6 heteroatoms. The Hall–Kier alpha value is -0.710. The van der Waals surface area contributed by atoms with Gasteiger partial charge in [-0.25, -0.2) is 4.98 Å². The first-order chi connectivity index (χ1) is 9.13. The topological polar surface area (TPSA) is 45.4 Å². The van der Waals surface area contributed by atoms with E-state index >= 15 is 0 Å². The zero-order valence-corrected chi connectivity index (χ0v) is 12.3.